The number of aliphatic hydroxyl groups excluding tert-OH is 1. The standard InChI is InChI=1S/C13H21NO/c1-11-5-6-13(9-12(11)2)10-14(3)7-4-8-15/h5-6,9,15H,4,7-8,10H2,1-3H3. The molecule has 84 valence electrons. The highest BCUT2D eigenvalue weighted by Gasteiger charge is 2.01. The van der Waals surface area contributed by atoms with Gasteiger partial charge in [0.2, 0.25) is 0 Å². The van der Waals surface area contributed by atoms with Gasteiger partial charge in [0.25, 0.3) is 0 Å². The Bertz CT molecular complexity index is 309. The second kappa shape index (κ2) is 5.89. The predicted molar refractivity (Wildman–Crippen MR) is 64.0 cm³/mol. The maximum atomic E-state index is 8.74. The minimum atomic E-state index is 0.275. The third-order valence-electron chi connectivity index (χ3n) is 2.72. The highest BCUT2D eigenvalue weighted by Crippen LogP contribution is 2.11. The average molecular weight is 207 g/mol. The normalized spacial score (nSPS) is 11.0. The van der Waals surface area contributed by atoms with Gasteiger partial charge in [-0.1, -0.05) is 18.2 Å². The fraction of sp³-hybridized carbons (Fsp3) is 0.538. The lowest BCUT2D eigenvalue weighted by Crippen LogP contribution is -2.19. The van der Waals surface area contributed by atoms with Crippen LogP contribution in [0.15, 0.2) is 18.2 Å². The Morgan fingerprint density at radius 2 is 1.93 bits per heavy atom. The molecule has 0 heterocycles. The van der Waals surface area contributed by atoms with Gasteiger partial charge in [-0.05, 0) is 44.0 Å². The van der Waals surface area contributed by atoms with Crippen LogP contribution in [0.3, 0.4) is 0 Å². The van der Waals surface area contributed by atoms with Crippen molar-refractivity contribution in [1.82, 2.24) is 4.90 Å². The van der Waals surface area contributed by atoms with Crippen molar-refractivity contribution in [3.8, 4) is 0 Å². The van der Waals surface area contributed by atoms with E-state index >= 15 is 0 Å². The van der Waals surface area contributed by atoms with E-state index in [1.807, 2.05) is 0 Å². The van der Waals surface area contributed by atoms with Crippen LogP contribution in [0.2, 0.25) is 0 Å². The molecular formula is C13H21NO. The van der Waals surface area contributed by atoms with E-state index in [-0.39, 0.29) is 6.61 Å². The van der Waals surface area contributed by atoms with Gasteiger partial charge >= 0.3 is 0 Å². The third-order valence-corrected chi connectivity index (χ3v) is 2.72. The lowest BCUT2D eigenvalue weighted by molar-refractivity contribution is 0.244. The number of hydrogen-bond donors (Lipinski definition) is 1. The lowest BCUT2D eigenvalue weighted by Gasteiger charge is -2.16. The molecule has 0 saturated carbocycles. The van der Waals surface area contributed by atoms with E-state index in [0.29, 0.717) is 0 Å². The molecule has 0 fully saturated rings. The largest absolute Gasteiger partial charge is 0.396 e. The molecule has 0 saturated heterocycles. The summed E-state index contributed by atoms with van der Waals surface area (Å²) in [6, 6.07) is 6.59. The topological polar surface area (TPSA) is 23.5 Å². The molecule has 0 unspecified atom stereocenters. The Morgan fingerprint density at radius 1 is 1.20 bits per heavy atom. The van der Waals surface area contributed by atoms with Crippen LogP contribution in [0.5, 0.6) is 0 Å². The molecular weight excluding hydrogens is 186 g/mol. The number of aliphatic hydroxyl groups is 1. The molecule has 1 rings (SSSR count). The van der Waals surface area contributed by atoms with Crippen LogP contribution in [0.25, 0.3) is 0 Å². The Balaban J connectivity index is 2.53. The minimum absolute atomic E-state index is 0.275. The molecule has 0 aromatic heterocycles. The first kappa shape index (κ1) is 12.2. The highest BCUT2D eigenvalue weighted by atomic mass is 16.3. The molecule has 2 nitrogen and oxygen atoms in total. The second-order valence-electron chi connectivity index (χ2n) is 4.23. The first-order valence-corrected chi connectivity index (χ1v) is 5.49. The zero-order chi connectivity index (χ0) is 11.3. The van der Waals surface area contributed by atoms with Gasteiger partial charge in [0, 0.05) is 19.7 Å². The van der Waals surface area contributed by atoms with Gasteiger partial charge in [-0.2, -0.15) is 0 Å². The molecule has 15 heavy (non-hydrogen) atoms. The number of hydrogen-bond acceptors (Lipinski definition) is 2. The molecule has 2 heteroatoms. The monoisotopic (exact) mass is 207 g/mol. The number of aryl methyl sites for hydroxylation is 2. The Kier molecular flexibility index (Phi) is 4.79. The summed E-state index contributed by atoms with van der Waals surface area (Å²) in [5.41, 5.74) is 4.04. The molecule has 0 aliphatic carbocycles. The quantitative estimate of drug-likeness (QED) is 0.799. The van der Waals surface area contributed by atoms with Gasteiger partial charge in [0.15, 0.2) is 0 Å². The van der Waals surface area contributed by atoms with Crippen LogP contribution in [-0.4, -0.2) is 30.2 Å². The maximum Gasteiger partial charge on any atom is 0.0443 e. The van der Waals surface area contributed by atoms with Crippen molar-refractivity contribution in [3.05, 3.63) is 34.9 Å². The van der Waals surface area contributed by atoms with Crippen molar-refractivity contribution >= 4 is 0 Å². The zero-order valence-corrected chi connectivity index (χ0v) is 9.95. The number of benzene rings is 1. The van der Waals surface area contributed by atoms with Crippen LogP contribution >= 0.6 is 0 Å². The fourth-order valence-corrected chi connectivity index (χ4v) is 1.63. The van der Waals surface area contributed by atoms with Crippen molar-refractivity contribution in [1.29, 1.82) is 0 Å². The van der Waals surface area contributed by atoms with Crippen LogP contribution in [0.1, 0.15) is 23.1 Å². The van der Waals surface area contributed by atoms with Crippen molar-refractivity contribution < 1.29 is 5.11 Å². The molecule has 1 aromatic rings. The summed E-state index contributed by atoms with van der Waals surface area (Å²) in [7, 11) is 2.09. The SMILES string of the molecule is Cc1ccc(CN(C)CCCO)cc1C. The van der Waals surface area contributed by atoms with Crippen LogP contribution < -0.4 is 0 Å². The molecule has 0 atom stereocenters. The van der Waals surface area contributed by atoms with E-state index in [0.717, 1.165) is 19.5 Å². The van der Waals surface area contributed by atoms with E-state index in [2.05, 4.69) is 44.0 Å². The summed E-state index contributed by atoms with van der Waals surface area (Å²) in [5, 5.41) is 8.74. The van der Waals surface area contributed by atoms with Crippen molar-refractivity contribution in [2.45, 2.75) is 26.8 Å². The van der Waals surface area contributed by atoms with Gasteiger partial charge in [-0.3, -0.25) is 0 Å². The number of nitrogens with zero attached hydrogens (tertiary/aromatic N) is 1. The first-order chi connectivity index (χ1) is 7.13. The van der Waals surface area contributed by atoms with Crippen molar-refractivity contribution in [3.63, 3.8) is 0 Å². The van der Waals surface area contributed by atoms with Crippen LogP contribution in [-0.2, 0) is 6.54 Å². The predicted octanol–water partition coefficient (Wildman–Crippen LogP) is 2.12. The van der Waals surface area contributed by atoms with Gasteiger partial charge in [0.1, 0.15) is 0 Å². The highest BCUT2D eigenvalue weighted by molar-refractivity contribution is 5.29. The summed E-state index contributed by atoms with van der Waals surface area (Å²) in [6.45, 7) is 6.46. The van der Waals surface area contributed by atoms with Crippen molar-refractivity contribution in [2.24, 2.45) is 0 Å². The van der Waals surface area contributed by atoms with E-state index < -0.39 is 0 Å². The van der Waals surface area contributed by atoms with E-state index in [1.54, 1.807) is 0 Å². The molecule has 0 bridgehead atoms. The molecule has 1 aromatic carbocycles. The third kappa shape index (κ3) is 4.02. The van der Waals surface area contributed by atoms with Crippen LogP contribution in [0.4, 0.5) is 0 Å². The molecule has 0 aliphatic heterocycles. The van der Waals surface area contributed by atoms with Crippen molar-refractivity contribution in [2.75, 3.05) is 20.2 Å². The molecule has 0 spiro atoms. The smallest absolute Gasteiger partial charge is 0.0443 e. The maximum absolute atomic E-state index is 8.74. The van der Waals surface area contributed by atoms with E-state index in [9.17, 15) is 0 Å². The Hall–Kier alpha value is -0.860. The first-order valence-electron chi connectivity index (χ1n) is 5.49. The molecule has 0 aliphatic rings. The van der Waals surface area contributed by atoms with Gasteiger partial charge < -0.3 is 10.0 Å². The van der Waals surface area contributed by atoms with Gasteiger partial charge in [-0.15, -0.1) is 0 Å². The summed E-state index contributed by atoms with van der Waals surface area (Å²) < 4.78 is 0. The minimum Gasteiger partial charge on any atom is -0.396 e. The summed E-state index contributed by atoms with van der Waals surface area (Å²) in [4.78, 5) is 2.24. The molecule has 0 radical (unpaired) electrons. The van der Waals surface area contributed by atoms with E-state index in [1.165, 1.54) is 16.7 Å². The Morgan fingerprint density at radius 3 is 2.53 bits per heavy atom. The fourth-order valence-electron chi connectivity index (χ4n) is 1.63. The molecule has 1 N–H and O–H groups in total. The lowest BCUT2D eigenvalue weighted by atomic mass is 10.1. The summed E-state index contributed by atoms with van der Waals surface area (Å²) in [5.74, 6) is 0. The Labute approximate surface area is 92.5 Å². The van der Waals surface area contributed by atoms with E-state index in [4.69, 9.17) is 5.11 Å². The summed E-state index contributed by atoms with van der Waals surface area (Å²) >= 11 is 0. The van der Waals surface area contributed by atoms with Gasteiger partial charge in [-0.25, -0.2) is 0 Å². The summed E-state index contributed by atoms with van der Waals surface area (Å²) in [6.07, 6.45) is 0.849. The van der Waals surface area contributed by atoms with Gasteiger partial charge in [0.05, 0.1) is 0 Å². The average Bonchev–Trinajstić information content (AvgIpc) is 2.20. The zero-order valence-electron chi connectivity index (χ0n) is 9.95. The second-order valence-corrected chi connectivity index (χ2v) is 4.23. The number of rotatable bonds is 5. The molecule has 0 amide bonds. The van der Waals surface area contributed by atoms with Crippen LogP contribution in [0, 0.1) is 13.8 Å².